The molecular formula is C30H36N4O7S. The number of morpholine rings is 1. The maximum absolute atomic E-state index is 13.2. The van der Waals surface area contributed by atoms with Crippen LogP contribution in [0.2, 0.25) is 0 Å². The minimum absolute atomic E-state index is 0.253. The second-order valence-corrected chi connectivity index (χ2v) is 12.5. The summed E-state index contributed by atoms with van der Waals surface area (Å²) in [6.45, 7) is 5.85. The Morgan fingerprint density at radius 1 is 1.02 bits per heavy atom. The topological polar surface area (TPSA) is 157 Å². The average Bonchev–Trinajstić information content (AvgIpc) is 3.38. The third-order valence-electron chi connectivity index (χ3n) is 8.14. The highest BCUT2D eigenvalue weighted by molar-refractivity contribution is 7.93. The minimum Gasteiger partial charge on any atom is -0.388 e. The number of hydrogen-bond donors (Lipinski definition) is 4. The van der Waals surface area contributed by atoms with Gasteiger partial charge in [-0.25, -0.2) is 13.1 Å². The zero-order valence-corrected chi connectivity index (χ0v) is 24.6. The van der Waals surface area contributed by atoms with Crippen LogP contribution in [0.5, 0.6) is 0 Å². The highest BCUT2D eigenvalue weighted by Gasteiger charge is 2.42. The number of hydrogen-bond acceptors (Lipinski definition) is 9. The summed E-state index contributed by atoms with van der Waals surface area (Å²) < 4.78 is 41.4. The summed E-state index contributed by atoms with van der Waals surface area (Å²) in [4.78, 5) is 1.84. The van der Waals surface area contributed by atoms with Crippen molar-refractivity contribution in [1.82, 2.24) is 9.29 Å². The number of aliphatic hydroxyl groups is 3. The van der Waals surface area contributed by atoms with Crippen LogP contribution in [0.15, 0.2) is 53.4 Å². The number of aliphatic hydroxyl groups excluding tert-OH is 3. The molecule has 2 aromatic carbocycles. The van der Waals surface area contributed by atoms with E-state index in [1.165, 1.54) is 6.92 Å². The Kier molecular flexibility index (Phi) is 8.73. The molecule has 1 aromatic heterocycles. The van der Waals surface area contributed by atoms with Crippen molar-refractivity contribution < 1.29 is 33.2 Å². The highest BCUT2D eigenvalue weighted by atomic mass is 32.2. The lowest BCUT2D eigenvalue weighted by atomic mass is 9.96. The summed E-state index contributed by atoms with van der Waals surface area (Å²) in [5.41, 5.74) is 3.76. The molecule has 42 heavy (non-hydrogen) atoms. The van der Waals surface area contributed by atoms with Gasteiger partial charge in [0, 0.05) is 49.3 Å². The molecule has 3 aromatic rings. The van der Waals surface area contributed by atoms with Gasteiger partial charge in [-0.05, 0) is 60.5 Å². The molecule has 2 saturated heterocycles. The molecule has 1 unspecified atom stereocenters. The Bertz CT molecular complexity index is 1640. The van der Waals surface area contributed by atoms with Gasteiger partial charge < -0.3 is 34.3 Å². The van der Waals surface area contributed by atoms with Crippen molar-refractivity contribution in [3.63, 3.8) is 0 Å². The van der Waals surface area contributed by atoms with E-state index in [1.54, 1.807) is 13.0 Å². The van der Waals surface area contributed by atoms with Crippen LogP contribution in [-0.2, 0) is 26.5 Å². The fraction of sp³-hybridized carbons (Fsp3) is 0.433. The Hall–Kier alpha value is -3.28. The zero-order valence-electron chi connectivity index (χ0n) is 23.8. The first-order valence-corrected chi connectivity index (χ1v) is 15.3. The van der Waals surface area contributed by atoms with E-state index < -0.39 is 52.0 Å². The van der Waals surface area contributed by atoms with Gasteiger partial charge in [-0.2, -0.15) is 5.26 Å². The van der Waals surface area contributed by atoms with Gasteiger partial charge in [-0.3, -0.25) is 0 Å². The number of aromatic nitrogens is 1. The molecule has 0 bridgehead atoms. The summed E-state index contributed by atoms with van der Waals surface area (Å²) in [6.07, 6.45) is -6.20. The number of benzene rings is 2. The number of nitriles is 1. The number of ether oxygens (including phenoxy) is 2. The van der Waals surface area contributed by atoms with Crippen molar-refractivity contribution in [3.8, 4) is 17.3 Å². The van der Waals surface area contributed by atoms with Crippen molar-refractivity contribution in [2.75, 3.05) is 37.7 Å². The van der Waals surface area contributed by atoms with Gasteiger partial charge in [-0.15, -0.1) is 0 Å². The van der Waals surface area contributed by atoms with Gasteiger partial charge in [0.25, 0.3) is 10.0 Å². The van der Waals surface area contributed by atoms with Gasteiger partial charge in [0.1, 0.15) is 30.5 Å². The van der Waals surface area contributed by atoms with E-state index in [2.05, 4.69) is 40.0 Å². The van der Waals surface area contributed by atoms with Crippen LogP contribution in [0.4, 0.5) is 5.69 Å². The number of fused-ring (bicyclic) bond motifs is 1. The quantitative estimate of drug-likeness (QED) is 0.298. The molecule has 5 atom stereocenters. The SMILES string of the molecule is C/C(=C(/C#N)S(=O)(=O)NC[C@H]1OC(C)[C@H](O)[C@@H](O)[C@@H]1O)c1ccc(-c2ccc3cc(N4CCOCC4)ccc3c2)n1C. The van der Waals surface area contributed by atoms with E-state index in [4.69, 9.17) is 9.47 Å². The molecule has 5 rings (SSSR count). The molecule has 0 aliphatic carbocycles. The fourth-order valence-corrected chi connectivity index (χ4v) is 6.78. The smallest absolute Gasteiger partial charge is 0.251 e. The lowest BCUT2D eigenvalue weighted by Gasteiger charge is -2.39. The molecule has 12 heteroatoms. The van der Waals surface area contributed by atoms with Gasteiger partial charge in [0.2, 0.25) is 0 Å². The molecule has 2 aliphatic heterocycles. The third-order valence-corrected chi connectivity index (χ3v) is 9.62. The number of allylic oxidation sites excluding steroid dienone is 2. The van der Waals surface area contributed by atoms with E-state index in [0.29, 0.717) is 5.69 Å². The lowest BCUT2D eigenvalue weighted by molar-refractivity contribution is -0.214. The second kappa shape index (κ2) is 12.1. The van der Waals surface area contributed by atoms with Crippen LogP contribution < -0.4 is 9.62 Å². The summed E-state index contributed by atoms with van der Waals surface area (Å²) in [6, 6.07) is 18.0. The molecule has 2 aliphatic rings. The fourth-order valence-electron chi connectivity index (χ4n) is 5.62. The van der Waals surface area contributed by atoms with Crippen molar-refractivity contribution in [2.24, 2.45) is 7.05 Å². The summed E-state index contributed by atoms with van der Waals surface area (Å²) >= 11 is 0. The van der Waals surface area contributed by atoms with E-state index in [1.807, 2.05) is 29.8 Å². The van der Waals surface area contributed by atoms with E-state index in [0.717, 1.165) is 54.0 Å². The Balaban J connectivity index is 1.37. The Labute approximate surface area is 245 Å². The number of nitrogens with one attached hydrogen (secondary N) is 1. The predicted molar refractivity (Wildman–Crippen MR) is 159 cm³/mol. The number of anilines is 1. The summed E-state index contributed by atoms with van der Waals surface area (Å²) in [5.74, 6) is 0. The monoisotopic (exact) mass is 596 g/mol. The van der Waals surface area contributed by atoms with Crippen LogP contribution in [0, 0.1) is 11.3 Å². The zero-order chi connectivity index (χ0) is 30.2. The normalized spacial score (nSPS) is 25.7. The number of nitrogens with zero attached hydrogens (tertiary/aromatic N) is 3. The third kappa shape index (κ3) is 5.82. The lowest BCUT2D eigenvalue weighted by Crippen LogP contribution is -2.59. The highest BCUT2D eigenvalue weighted by Crippen LogP contribution is 2.31. The van der Waals surface area contributed by atoms with Crippen molar-refractivity contribution in [2.45, 2.75) is 44.4 Å². The van der Waals surface area contributed by atoms with Crippen molar-refractivity contribution in [1.29, 1.82) is 5.26 Å². The van der Waals surface area contributed by atoms with Crippen LogP contribution in [-0.4, -0.2) is 91.7 Å². The molecule has 11 nitrogen and oxygen atoms in total. The molecule has 0 amide bonds. The van der Waals surface area contributed by atoms with E-state index in [-0.39, 0.29) is 5.57 Å². The second-order valence-electron chi connectivity index (χ2n) is 10.8. The van der Waals surface area contributed by atoms with Crippen LogP contribution in [0.1, 0.15) is 19.5 Å². The first kappa shape index (κ1) is 30.2. The van der Waals surface area contributed by atoms with E-state index in [9.17, 15) is 29.0 Å². The van der Waals surface area contributed by atoms with Gasteiger partial charge >= 0.3 is 0 Å². The van der Waals surface area contributed by atoms with Crippen LogP contribution >= 0.6 is 0 Å². The average molecular weight is 597 g/mol. The predicted octanol–water partition coefficient (Wildman–Crippen LogP) is 1.73. The molecule has 0 spiro atoms. The Morgan fingerprint density at radius 2 is 1.71 bits per heavy atom. The molecular weight excluding hydrogens is 560 g/mol. The van der Waals surface area contributed by atoms with Gasteiger partial charge in [0.15, 0.2) is 4.91 Å². The standard InChI is InChI=1S/C30H36N4O7S/c1-18(27(16-31)42(38,39)32-17-26-29(36)30(37)28(35)19(2)41-26)24-8-9-25(33(24)3)22-5-4-21-15-23(7-6-20(21)14-22)34-10-12-40-13-11-34/h4-9,14-15,19,26,28-30,32,35-37H,10-13,17H2,1-3H3/b27-18+/t19?,26-,28+,29-,30-/m1/s1. The molecule has 224 valence electrons. The molecule has 0 radical (unpaired) electrons. The van der Waals surface area contributed by atoms with Gasteiger partial charge in [-0.1, -0.05) is 18.2 Å². The van der Waals surface area contributed by atoms with Crippen LogP contribution in [0.3, 0.4) is 0 Å². The van der Waals surface area contributed by atoms with E-state index >= 15 is 0 Å². The molecule has 3 heterocycles. The largest absolute Gasteiger partial charge is 0.388 e. The molecule has 0 saturated carbocycles. The summed E-state index contributed by atoms with van der Waals surface area (Å²) in [5, 5.41) is 42.2. The Morgan fingerprint density at radius 3 is 2.43 bits per heavy atom. The maximum atomic E-state index is 13.2. The van der Waals surface area contributed by atoms with Crippen LogP contribution in [0.25, 0.3) is 27.6 Å². The summed E-state index contributed by atoms with van der Waals surface area (Å²) in [7, 11) is -2.48. The number of sulfonamides is 1. The first-order chi connectivity index (χ1) is 20.0. The first-order valence-electron chi connectivity index (χ1n) is 13.8. The van der Waals surface area contributed by atoms with Gasteiger partial charge in [0.05, 0.1) is 19.3 Å². The van der Waals surface area contributed by atoms with Crippen molar-refractivity contribution in [3.05, 3.63) is 59.1 Å². The number of rotatable bonds is 7. The van der Waals surface area contributed by atoms with Crippen molar-refractivity contribution >= 4 is 32.1 Å². The molecule has 2 fully saturated rings. The molecule has 4 N–H and O–H groups in total. The minimum atomic E-state index is -4.30. The maximum Gasteiger partial charge on any atom is 0.251 e.